The highest BCUT2D eigenvalue weighted by molar-refractivity contribution is 6.07. The number of nitrogens with zero attached hydrogens (tertiary/aromatic N) is 1. The predicted molar refractivity (Wildman–Crippen MR) is 114 cm³/mol. The number of benzene rings is 2. The van der Waals surface area contributed by atoms with E-state index in [1.807, 2.05) is 0 Å². The molecule has 0 aliphatic heterocycles. The molecule has 32 heavy (non-hydrogen) atoms. The van der Waals surface area contributed by atoms with Crippen molar-refractivity contribution in [1.29, 1.82) is 0 Å². The van der Waals surface area contributed by atoms with E-state index in [4.69, 9.17) is 4.42 Å². The van der Waals surface area contributed by atoms with Crippen LogP contribution >= 0.6 is 0 Å². The molecule has 0 spiro atoms. The van der Waals surface area contributed by atoms with Gasteiger partial charge in [-0.1, -0.05) is 0 Å². The van der Waals surface area contributed by atoms with Gasteiger partial charge >= 0.3 is 5.91 Å². The van der Waals surface area contributed by atoms with Crippen LogP contribution in [0.15, 0.2) is 58.0 Å². The summed E-state index contributed by atoms with van der Waals surface area (Å²) in [4.78, 5) is 24.8. The molecule has 0 saturated heterocycles. The van der Waals surface area contributed by atoms with Crippen LogP contribution in [0.5, 0.6) is 0 Å². The highest BCUT2D eigenvalue weighted by Gasteiger charge is 2.28. The molecule has 1 aliphatic carbocycles. The number of amides is 2. The quantitative estimate of drug-likeness (QED) is 0.535. The van der Waals surface area contributed by atoms with Crippen molar-refractivity contribution in [3.05, 3.63) is 88.4 Å². The molecular formula is C23H20F2N4O3. The van der Waals surface area contributed by atoms with Gasteiger partial charge in [0.15, 0.2) is 5.76 Å². The Bertz CT molecular complexity index is 1190. The van der Waals surface area contributed by atoms with Gasteiger partial charge in [-0.3, -0.25) is 25.9 Å². The zero-order valence-electron chi connectivity index (χ0n) is 17.2. The Kier molecular flexibility index (Phi) is 5.98. The number of hydrazone groups is 1. The van der Waals surface area contributed by atoms with Crippen LogP contribution in [0.2, 0.25) is 0 Å². The minimum atomic E-state index is -0.613. The lowest BCUT2D eigenvalue weighted by atomic mass is 9.93. The van der Waals surface area contributed by atoms with Crippen LogP contribution in [-0.2, 0) is 6.42 Å². The van der Waals surface area contributed by atoms with Crippen molar-refractivity contribution in [2.75, 3.05) is 5.43 Å². The van der Waals surface area contributed by atoms with Crippen LogP contribution in [0.25, 0.3) is 0 Å². The predicted octanol–water partition coefficient (Wildman–Crippen LogP) is 4.09. The van der Waals surface area contributed by atoms with E-state index in [1.54, 1.807) is 19.1 Å². The molecule has 2 amide bonds. The maximum atomic E-state index is 13.1. The molecule has 1 aliphatic rings. The maximum Gasteiger partial charge on any atom is 0.305 e. The summed E-state index contributed by atoms with van der Waals surface area (Å²) < 4.78 is 31.9. The second kappa shape index (κ2) is 9.01. The molecule has 3 N–H and O–H groups in total. The molecule has 0 atom stereocenters. The number of carbonyl (C=O) groups is 2. The number of fused-ring (bicyclic) bond motifs is 1. The molecular weight excluding hydrogens is 418 g/mol. The summed E-state index contributed by atoms with van der Waals surface area (Å²) >= 11 is 0. The van der Waals surface area contributed by atoms with Crippen molar-refractivity contribution in [2.24, 2.45) is 5.10 Å². The summed E-state index contributed by atoms with van der Waals surface area (Å²) in [6, 6.07) is 10.8. The van der Waals surface area contributed by atoms with Crippen LogP contribution in [-0.4, -0.2) is 17.5 Å². The van der Waals surface area contributed by atoms with Crippen molar-refractivity contribution in [2.45, 2.75) is 26.2 Å². The molecule has 0 fully saturated rings. The van der Waals surface area contributed by atoms with Crippen LogP contribution in [0, 0.1) is 18.6 Å². The van der Waals surface area contributed by atoms with Crippen molar-refractivity contribution >= 4 is 23.2 Å². The number of nitrogens with one attached hydrogen (secondary N) is 3. The first kappa shape index (κ1) is 21.2. The molecule has 0 unspecified atom stereocenters. The van der Waals surface area contributed by atoms with E-state index in [2.05, 4.69) is 21.4 Å². The molecule has 9 heteroatoms. The Hall–Kier alpha value is -4.01. The van der Waals surface area contributed by atoms with E-state index >= 15 is 0 Å². The zero-order valence-corrected chi connectivity index (χ0v) is 17.2. The number of anilines is 1. The first-order valence-electron chi connectivity index (χ1n) is 9.99. The number of hydrogen-bond donors (Lipinski definition) is 3. The standard InChI is InChI=1S/C23H20F2N4O3/c1-13-20-18(27-26-17-11-9-16(25)10-12-17)3-2-4-19(20)32-21(13)23(31)29-28-22(30)14-5-7-15(24)8-6-14/h5-12,26H,2-4H2,1H3,(H,28,30)(H,29,31)/b27-18+. The van der Waals surface area contributed by atoms with E-state index in [-0.39, 0.29) is 17.1 Å². The normalized spacial score (nSPS) is 14.0. The molecule has 2 aromatic carbocycles. The Morgan fingerprint density at radius 2 is 1.53 bits per heavy atom. The van der Waals surface area contributed by atoms with Gasteiger partial charge in [-0.25, -0.2) is 8.78 Å². The minimum Gasteiger partial charge on any atom is -0.455 e. The van der Waals surface area contributed by atoms with Gasteiger partial charge in [-0.2, -0.15) is 5.10 Å². The Labute approximate surface area is 182 Å². The van der Waals surface area contributed by atoms with Crippen molar-refractivity contribution in [3.8, 4) is 0 Å². The van der Waals surface area contributed by atoms with Crippen molar-refractivity contribution < 1.29 is 22.8 Å². The number of aryl methyl sites for hydroxylation is 1. The smallest absolute Gasteiger partial charge is 0.305 e. The first-order valence-corrected chi connectivity index (χ1v) is 9.99. The molecule has 3 aromatic rings. The van der Waals surface area contributed by atoms with Gasteiger partial charge in [0, 0.05) is 23.1 Å². The Morgan fingerprint density at radius 3 is 2.22 bits per heavy atom. The molecule has 4 rings (SSSR count). The molecule has 164 valence electrons. The van der Waals surface area contributed by atoms with Gasteiger partial charge in [0.25, 0.3) is 5.91 Å². The Balaban J connectivity index is 1.48. The fourth-order valence-corrected chi connectivity index (χ4v) is 3.50. The number of furan rings is 1. The summed E-state index contributed by atoms with van der Waals surface area (Å²) in [6.07, 6.45) is 2.14. The van der Waals surface area contributed by atoms with Crippen molar-refractivity contribution in [1.82, 2.24) is 10.9 Å². The third-order valence-electron chi connectivity index (χ3n) is 5.09. The minimum absolute atomic E-state index is 0.0748. The summed E-state index contributed by atoms with van der Waals surface area (Å²) in [6.45, 7) is 1.75. The molecule has 7 nitrogen and oxygen atoms in total. The second-order valence-corrected chi connectivity index (χ2v) is 7.30. The summed E-state index contributed by atoms with van der Waals surface area (Å²) in [5, 5.41) is 4.43. The summed E-state index contributed by atoms with van der Waals surface area (Å²) in [5.41, 5.74) is 10.4. The third-order valence-corrected chi connectivity index (χ3v) is 5.09. The fourth-order valence-electron chi connectivity index (χ4n) is 3.50. The average molecular weight is 438 g/mol. The van der Waals surface area contributed by atoms with Gasteiger partial charge in [0.05, 0.1) is 11.4 Å². The second-order valence-electron chi connectivity index (χ2n) is 7.30. The SMILES string of the molecule is Cc1c(C(=O)NNC(=O)c2ccc(F)cc2)oc2c1/C(=N/Nc1ccc(F)cc1)CCC2. The maximum absolute atomic E-state index is 13.1. The van der Waals surface area contributed by atoms with Crippen LogP contribution in [0.4, 0.5) is 14.5 Å². The zero-order chi connectivity index (χ0) is 22.7. The lowest BCUT2D eigenvalue weighted by molar-refractivity contribution is 0.0829. The molecule has 0 saturated carbocycles. The highest BCUT2D eigenvalue weighted by Crippen LogP contribution is 2.30. The number of rotatable bonds is 4. The third kappa shape index (κ3) is 4.51. The van der Waals surface area contributed by atoms with Crippen molar-refractivity contribution in [3.63, 3.8) is 0 Å². The largest absolute Gasteiger partial charge is 0.455 e. The van der Waals surface area contributed by atoms with E-state index in [9.17, 15) is 18.4 Å². The van der Waals surface area contributed by atoms with E-state index in [1.165, 1.54) is 24.3 Å². The topological polar surface area (TPSA) is 95.7 Å². The van der Waals surface area contributed by atoms with Gasteiger partial charge < -0.3 is 4.42 Å². The van der Waals surface area contributed by atoms with Crippen LogP contribution in [0.1, 0.15) is 50.6 Å². The summed E-state index contributed by atoms with van der Waals surface area (Å²) in [5.74, 6) is -1.28. The van der Waals surface area contributed by atoms with Gasteiger partial charge in [0.1, 0.15) is 17.4 Å². The van der Waals surface area contributed by atoms with E-state index in [0.717, 1.165) is 29.8 Å². The van der Waals surface area contributed by atoms with Crippen LogP contribution < -0.4 is 16.3 Å². The lowest BCUT2D eigenvalue weighted by Crippen LogP contribution is -2.41. The molecule has 0 radical (unpaired) electrons. The van der Waals surface area contributed by atoms with E-state index < -0.39 is 17.6 Å². The average Bonchev–Trinajstić information content (AvgIpc) is 3.14. The highest BCUT2D eigenvalue weighted by atomic mass is 19.1. The molecule has 1 aromatic heterocycles. The number of hydrazine groups is 1. The van der Waals surface area contributed by atoms with Gasteiger partial charge in [-0.15, -0.1) is 0 Å². The first-order chi connectivity index (χ1) is 15.4. The molecule has 1 heterocycles. The monoisotopic (exact) mass is 438 g/mol. The van der Waals surface area contributed by atoms with Gasteiger partial charge in [-0.05, 0) is 68.3 Å². The summed E-state index contributed by atoms with van der Waals surface area (Å²) in [7, 11) is 0. The van der Waals surface area contributed by atoms with E-state index in [0.29, 0.717) is 29.9 Å². The number of carbonyl (C=O) groups excluding carboxylic acids is 2. The number of hydrogen-bond acceptors (Lipinski definition) is 5. The van der Waals surface area contributed by atoms with Crippen LogP contribution in [0.3, 0.4) is 0 Å². The lowest BCUT2D eigenvalue weighted by Gasteiger charge is -2.13. The molecule has 0 bridgehead atoms. The Morgan fingerprint density at radius 1 is 0.906 bits per heavy atom. The fraction of sp³-hybridized carbons (Fsp3) is 0.174. The van der Waals surface area contributed by atoms with Gasteiger partial charge in [0.2, 0.25) is 0 Å². The number of halogens is 2.